The highest BCUT2D eigenvalue weighted by Gasteiger charge is 2.33. The molecule has 2 N–H and O–H groups in total. The Labute approximate surface area is 204 Å². The van der Waals surface area contributed by atoms with Crippen molar-refractivity contribution in [1.82, 2.24) is 29.9 Å². The molecule has 0 spiro atoms. The Balaban J connectivity index is 1.65. The summed E-state index contributed by atoms with van der Waals surface area (Å²) in [5.74, 6) is 2.24. The number of anilines is 4. The third kappa shape index (κ3) is 4.63. The van der Waals surface area contributed by atoms with Gasteiger partial charge in [-0.15, -0.1) is 0 Å². The van der Waals surface area contributed by atoms with Gasteiger partial charge in [-0.05, 0) is 56.4 Å². The van der Waals surface area contributed by atoms with E-state index in [1.807, 2.05) is 51.3 Å². The summed E-state index contributed by atoms with van der Waals surface area (Å²) in [6, 6.07) is 7.01. The first-order valence-electron chi connectivity index (χ1n) is 11.3. The van der Waals surface area contributed by atoms with Gasteiger partial charge in [0.25, 0.3) is 0 Å². The van der Waals surface area contributed by atoms with Crippen LogP contribution in [0.25, 0.3) is 11.3 Å². The van der Waals surface area contributed by atoms with Crippen LogP contribution in [0.1, 0.15) is 35.6 Å². The number of rotatable bonds is 7. The van der Waals surface area contributed by atoms with E-state index in [1.54, 1.807) is 22.9 Å². The summed E-state index contributed by atoms with van der Waals surface area (Å²) in [7, 11) is 0.462. The summed E-state index contributed by atoms with van der Waals surface area (Å²) in [5.41, 5.74) is 5.37. The average Bonchev–Trinajstić information content (AvgIpc) is 3.41. The van der Waals surface area contributed by atoms with Crippen LogP contribution < -0.4 is 10.2 Å². The molecule has 0 radical (unpaired) electrons. The van der Waals surface area contributed by atoms with E-state index in [2.05, 4.69) is 20.6 Å². The molecule has 35 heavy (non-hydrogen) atoms. The number of aromatic nitrogens is 6. The molecule has 182 valence electrons. The second-order valence-corrected chi connectivity index (χ2v) is 11.2. The lowest BCUT2D eigenvalue weighted by atomic mass is 10.1. The van der Waals surface area contributed by atoms with Crippen LogP contribution in [0, 0.1) is 13.8 Å². The maximum absolute atomic E-state index is 12.0. The minimum absolute atomic E-state index is 0.282. The molecular formula is C24H28N8O2S. The number of hydrogen-bond donors (Lipinski definition) is 2. The monoisotopic (exact) mass is 492 g/mol. The number of benzene rings is 1. The Kier molecular flexibility index (Phi) is 5.59. The normalized spacial score (nSPS) is 13.7. The van der Waals surface area contributed by atoms with Crippen molar-refractivity contribution < 1.29 is 8.42 Å². The first-order chi connectivity index (χ1) is 16.6. The van der Waals surface area contributed by atoms with Crippen molar-refractivity contribution in [3.63, 3.8) is 0 Å². The molecule has 1 saturated carbocycles. The molecule has 0 aliphatic heterocycles. The Hall–Kier alpha value is -3.73. The van der Waals surface area contributed by atoms with Gasteiger partial charge < -0.3 is 10.2 Å². The fourth-order valence-corrected chi connectivity index (χ4v) is 4.88. The van der Waals surface area contributed by atoms with Gasteiger partial charge in [0.15, 0.2) is 15.7 Å². The summed E-state index contributed by atoms with van der Waals surface area (Å²) < 4.78 is 25.8. The van der Waals surface area contributed by atoms with E-state index in [-0.39, 0.29) is 4.90 Å². The van der Waals surface area contributed by atoms with Crippen LogP contribution in [0.4, 0.5) is 23.3 Å². The van der Waals surface area contributed by atoms with Gasteiger partial charge >= 0.3 is 0 Å². The molecule has 1 aliphatic carbocycles. The fourth-order valence-electron chi connectivity index (χ4n) is 4.17. The zero-order valence-corrected chi connectivity index (χ0v) is 21.2. The highest BCUT2D eigenvalue weighted by molar-refractivity contribution is 7.90. The predicted molar refractivity (Wildman–Crippen MR) is 135 cm³/mol. The topological polar surface area (TPSA) is 122 Å². The molecule has 0 unspecified atom stereocenters. The molecule has 0 atom stereocenters. The number of aromatic amines is 1. The molecule has 1 fully saturated rings. The van der Waals surface area contributed by atoms with Crippen molar-refractivity contribution in [1.29, 1.82) is 0 Å². The number of H-pyrrole nitrogens is 1. The third-order valence-corrected chi connectivity index (χ3v) is 7.22. The summed E-state index contributed by atoms with van der Waals surface area (Å²) >= 11 is 0. The zero-order valence-electron chi connectivity index (χ0n) is 20.4. The van der Waals surface area contributed by atoms with Gasteiger partial charge in [-0.3, -0.25) is 9.78 Å². The van der Waals surface area contributed by atoms with Crippen LogP contribution in [0.3, 0.4) is 0 Å². The van der Waals surface area contributed by atoms with Crippen LogP contribution in [-0.2, 0) is 16.9 Å². The maximum atomic E-state index is 12.0. The van der Waals surface area contributed by atoms with Gasteiger partial charge in [-0.25, -0.2) is 13.4 Å². The number of nitrogens with zero attached hydrogens (tertiary/aromatic N) is 6. The smallest absolute Gasteiger partial charge is 0.232 e. The van der Waals surface area contributed by atoms with Gasteiger partial charge in [-0.1, -0.05) is 0 Å². The van der Waals surface area contributed by atoms with Crippen molar-refractivity contribution in [3.05, 3.63) is 53.5 Å². The Morgan fingerprint density at radius 2 is 1.94 bits per heavy atom. The SMILES string of the molecule is Cc1cc(Nc2nc(N(C)c3ccc(S(C)(=O)=O)cc3C)nc(-c3cnn(C)c3)c2C2CC2)n[nH]1. The summed E-state index contributed by atoms with van der Waals surface area (Å²) in [4.78, 5) is 12.1. The molecular weight excluding hydrogens is 464 g/mol. The number of hydrogen-bond acceptors (Lipinski definition) is 8. The maximum Gasteiger partial charge on any atom is 0.232 e. The summed E-state index contributed by atoms with van der Waals surface area (Å²) in [6.07, 6.45) is 7.12. The van der Waals surface area contributed by atoms with Crippen LogP contribution in [0.2, 0.25) is 0 Å². The van der Waals surface area contributed by atoms with E-state index in [9.17, 15) is 8.42 Å². The standard InChI is InChI=1S/C24H28N8O2S/c1-14-10-18(35(5,33)34)8-9-19(14)32(4)24-27-22(17-12-25-31(3)13-17)21(16-6-7-16)23(28-24)26-20-11-15(2)29-30-20/h8-13,16H,6-7H2,1-5H3,(H2,26,27,28,29,30). The largest absolute Gasteiger partial charge is 0.323 e. The van der Waals surface area contributed by atoms with Crippen molar-refractivity contribution in [3.8, 4) is 11.3 Å². The molecule has 4 aromatic rings. The molecule has 3 heterocycles. The molecule has 10 nitrogen and oxygen atoms in total. The van der Waals surface area contributed by atoms with Gasteiger partial charge in [0.05, 0.1) is 16.8 Å². The highest BCUT2D eigenvalue weighted by atomic mass is 32.2. The molecule has 0 saturated heterocycles. The van der Waals surface area contributed by atoms with Crippen LogP contribution in [0.5, 0.6) is 0 Å². The van der Waals surface area contributed by atoms with E-state index in [0.717, 1.165) is 46.6 Å². The van der Waals surface area contributed by atoms with Crippen molar-refractivity contribution in [2.24, 2.45) is 7.05 Å². The lowest BCUT2D eigenvalue weighted by Gasteiger charge is -2.23. The summed E-state index contributed by atoms with van der Waals surface area (Å²) in [6.45, 7) is 3.83. The van der Waals surface area contributed by atoms with E-state index in [1.165, 1.54) is 6.26 Å². The first kappa shape index (κ1) is 23.0. The highest BCUT2D eigenvalue weighted by Crippen LogP contribution is 2.48. The minimum Gasteiger partial charge on any atom is -0.323 e. The number of sulfone groups is 1. The van der Waals surface area contributed by atoms with Crippen LogP contribution >= 0.6 is 0 Å². The first-order valence-corrected chi connectivity index (χ1v) is 13.2. The number of nitrogens with one attached hydrogen (secondary N) is 2. The van der Waals surface area contributed by atoms with Gasteiger partial charge in [0.2, 0.25) is 5.95 Å². The average molecular weight is 493 g/mol. The zero-order chi connectivity index (χ0) is 24.9. The molecule has 1 aromatic carbocycles. The predicted octanol–water partition coefficient (Wildman–Crippen LogP) is 4.01. The van der Waals surface area contributed by atoms with E-state index in [0.29, 0.717) is 23.5 Å². The van der Waals surface area contributed by atoms with E-state index >= 15 is 0 Å². The van der Waals surface area contributed by atoms with Gasteiger partial charge in [0.1, 0.15) is 5.82 Å². The van der Waals surface area contributed by atoms with Crippen molar-refractivity contribution in [2.75, 3.05) is 23.5 Å². The lowest BCUT2D eigenvalue weighted by molar-refractivity contribution is 0.602. The van der Waals surface area contributed by atoms with Gasteiger partial charge in [-0.2, -0.15) is 15.2 Å². The van der Waals surface area contributed by atoms with Crippen molar-refractivity contribution in [2.45, 2.75) is 37.5 Å². The Morgan fingerprint density at radius 1 is 1.17 bits per heavy atom. The Morgan fingerprint density at radius 3 is 2.51 bits per heavy atom. The second-order valence-electron chi connectivity index (χ2n) is 9.15. The Bertz CT molecular complexity index is 1520. The summed E-state index contributed by atoms with van der Waals surface area (Å²) in [5, 5.41) is 15.1. The molecule has 3 aromatic heterocycles. The molecule has 11 heteroatoms. The second kappa shape index (κ2) is 8.49. The third-order valence-electron chi connectivity index (χ3n) is 6.11. The van der Waals surface area contributed by atoms with E-state index < -0.39 is 9.84 Å². The molecule has 5 rings (SSSR count). The molecule has 0 amide bonds. The fraction of sp³-hybridized carbons (Fsp3) is 0.333. The number of aryl methyl sites for hydroxylation is 3. The quantitative estimate of drug-likeness (QED) is 0.397. The molecule has 0 bridgehead atoms. The van der Waals surface area contributed by atoms with Crippen LogP contribution in [-0.4, -0.2) is 51.7 Å². The minimum atomic E-state index is -3.30. The lowest BCUT2D eigenvalue weighted by Crippen LogP contribution is -2.17. The van der Waals surface area contributed by atoms with E-state index in [4.69, 9.17) is 9.97 Å². The molecule has 1 aliphatic rings. The van der Waals surface area contributed by atoms with Crippen molar-refractivity contribution >= 4 is 33.1 Å². The van der Waals surface area contributed by atoms with Crippen LogP contribution in [0.15, 0.2) is 41.6 Å². The van der Waals surface area contributed by atoms with Gasteiger partial charge in [0, 0.05) is 55.1 Å².